The molecule has 0 aliphatic carbocycles. The third kappa shape index (κ3) is 3.45. The van der Waals surface area contributed by atoms with Crippen molar-refractivity contribution < 1.29 is 9.90 Å². The molecule has 1 aliphatic heterocycles. The van der Waals surface area contributed by atoms with Gasteiger partial charge in [-0.2, -0.15) is 0 Å². The van der Waals surface area contributed by atoms with Crippen molar-refractivity contribution >= 4 is 11.7 Å². The molecule has 20 heavy (non-hydrogen) atoms. The molecule has 6 nitrogen and oxygen atoms in total. The number of β-amino-alcohol motifs (C(OH)–C–C–N with tert-alkyl or cyclic N) is 1. The highest BCUT2D eigenvalue weighted by molar-refractivity contribution is 5.85. The van der Waals surface area contributed by atoms with Crippen molar-refractivity contribution in [2.75, 3.05) is 25.0 Å². The average Bonchev–Trinajstić information content (AvgIpc) is 2.43. The average molecular weight is 278 g/mol. The lowest BCUT2D eigenvalue weighted by molar-refractivity contribution is -0.134. The van der Waals surface area contributed by atoms with E-state index in [0.717, 1.165) is 31.5 Å². The van der Waals surface area contributed by atoms with Crippen molar-refractivity contribution in [3.63, 3.8) is 0 Å². The smallest absolute Gasteiger partial charge is 0.245 e. The van der Waals surface area contributed by atoms with E-state index in [1.165, 1.54) is 0 Å². The molecule has 0 bridgehead atoms. The molecule has 1 aromatic rings. The molecule has 1 saturated heterocycles. The van der Waals surface area contributed by atoms with Crippen LogP contribution < -0.4 is 5.32 Å². The van der Waals surface area contributed by atoms with Crippen LogP contribution in [0.2, 0.25) is 0 Å². The normalized spacial score (nSPS) is 19.2. The van der Waals surface area contributed by atoms with Crippen LogP contribution in [0.15, 0.2) is 6.07 Å². The summed E-state index contributed by atoms with van der Waals surface area (Å²) >= 11 is 0. The fraction of sp³-hybridized carbons (Fsp3) is 0.643. The molecule has 0 saturated carbocycles. The van der Waals surface area contributed by atoms with E-state index in [0.29, 0.717) is 18.2 Å². The molecule has 2 heterocycles. The Balaban J connectivity index is 2.08. The van der Waals surface area contributed by atoms with Gasteiger partial charge in [0, 0.05) is 24.8 Å². The van der Waals surface area contributed by atoms with Crippen LogP contribution in [0.1, 0.15) is 31.3 Å². The minimum absolute atomic E-state index is 0.00502. The molecule has 0 aromatic carbocycles. The van der Waals surface area contributed by atoms with Crippen molar-refractivity contribution in [3.05, 3.63) is 17.6 Å². The Bertz CT molecular complexity index is 476. The first kappa shape index (κ1) is 14.7. The number of carbonyl (C=O) groups is 1. The summed E-state index contributed by atoms with van der Waals surface area (Å²) in [5.74, 6) is 1.46. The first-order valence-electron chi connectivity index (χ1n) is 7.14. The number of rotatable bonds is 5. The maximum Gasteiger partial charge on any atom is 0.245 e. The Morgan fingerprint density at radius 2 is 2.30 bits per heavy atom. The Morgan fingerprint density at radius 1 is 1.50 bits per heavy atom. The molecule has 0 spiro atoms. The van der Waals surface area contributed by atoms with Crippen LogP contribution in [0, 0.1) is 6.92 Å². The number of carbonyl (C=O) groups excluding carboxylic acids is 1. The van der Waals surface area contributed by atoms with E-state index < -0.39 is 0 Å². The minimum Gasteiger partial charge on any atom is -0.395 e. The summed E-state index contributed by atoms with van der Waals surface area (Å²) in [5, 5.41) is 12.2. The summed E-state index contributed by atoms with van der Waals surface area (Å²) in [7, 11) is 0. The molecule has 1 atom stereocenters. The van der Waals surface area contributed by atoms with Gasteiger partial charge in [-0.15, -0.1) is 0 Å². The number of anilines is 1. The maximum atomic E-state index is 12.3. The van der Waals surface area contributed by atoms with Gasteiger partial charge in [0.15, 0.2) is 0 Å². The monoisotopic (exact) mass is 278 g/mol. The number of aliphatic hydroxyl groups is 1. The number of likely N-dealkylation sites (tertiary alicyclic amines) is 1. The number of piperidine rings is 1. The third-order valence-electron chi connectivity index (χ3n) is 3.48. The molecule has 1 amide bonds. The van der Waals surface area contributed by atoms with Crippen molar-refractivity contribution in [1.82, 2.24) is 14.9 Å². The zero-order chi connectivity index (χ0) is 14.5. The summed E-state index contributed by atoms with van der Waals surface area (Å²) in [6.45, 7) is 5.02. The second-order valence-electron chi connectivity index (χ2n) is 5.03. The number of nitrogens with one attached hydrogen (secondary N) is 1. The number of hydrogen-bond acceptors (Lipinski definition) is 5. The number of aliphatic hydroxyl groups excluding tert-OH is 1. The predicted molar refractivity (Wildman–Crippen MR) is 76.5 cm³/mol. The Morgan fingerprint density at radius 3 is 3.00 bits per heavy atom. The highest BCUT2D eigenvalue weighted by Crippen LogP contribution is 2.16. The van der Waals surface area contributed by atoms with Gasteiger partial charge in [0.1, 0.15) is 17.7 Å². The highest BCUT2D eigenvalue weighted by atomic mass is 16.3. The van der Waals surface area contributed by atoms with Gasteiger partial charge in [0.25, 0.3) is 0 Å². The van der Waals surface area contributed by atoms with Gasteiger partial charge in [-0.25, -0.2) is 9.97 Å². The molecular formula is C14H22N4O2. The van der Waals surface area contributed by atoms with Crippen LogP contribution in [0.25, 0.3) is 0 Å². The fourth-order valence-corrected chi connectivity index (χ4v) is 2.48. The van der Waals surface area contributed by atoms with Crippen LogP contribution >= 0.6 is 0 Å². The van der Waals surface area contributed by atoms with E-state index in [4.69, 9.17) is 5.11 Å². The molecule has 2 N–H and O–H groups in total. The zero-order valence-corrected chi connectivity index (χ0v) is 12.1. The molecule has 2 rings (SSSR count). The van der Waals surface area contributed by atoms with Crippen molar-refractivity contribution in [1.29, 1.82) is 0 Å². The summed E-state index contributed by atoms with van der Waals surface area (Å²) in [6.07, 6.45) is 2.58. The first-order valence-corrected chi connectivity index (χ1v) is 7.14. The molecule has 1 unspecified atom stereocenters. The van der Waals surface area contributed by atoms with Crippen LogP contribution in [-0.2, 0) is 11.2 Å². The first-order chi connectivity index (χ1) is 9.63. The molecule has 6 heteroatoms. The SMILES string of the molecule is CCc1cc(NC2CCCN(CCO)C2=O)nc(C)n1. The van der Waals surface area contributed by atoms with Gasteiger partial charge < -0.3 is 15.3 Å². The van der Waals surface area contributed by atoms with E-state index in [-0.39, 0.29) is 18.6 Å². The zero-order valence-electron chi connectivity index (χ0n) is 12.1. The van der Waals surface area contributed by atoms with Gasteiger partial charge in [0.05, 0.1) is 6.61 Å². The summed E-state index contributed by atoms with van der Waals surface area (Å²) < 4.78 is 0. The lowest BCUT2D eigenvalue weighted by Gasteiger charge is -2.32. The van der Waals surface area contributed by atoms with Gasteiger partial charge in [-0.05, 0) is 26.2 Å². The van der Waals surface area contributed by atoms with E-state index in [9.17, 15) is 4.79 Å². The molecule has 1 aromatic heterocycles. The van der Waals surface area contributed by atoms with Gasteiger partial charge in [-0.3, -0.25) is 4.79 Å². The van der Waals surface area contributed by atoms with Crippen LogP contribution in [0.3, 0.4) is 0 Å². The Hall–Kier alpha value is -1.69. The topological polar surface area (TPSA) is 78.4 Å². The quantitative estimate of drug-likeness (QED) is 0.830. The number of hydrogen-bond donors (Lipinski definition) is 2. The molecule has 0 radical (unpaired) electrons. The summed E-state index contributed by atoms with van der Waals surface area (Å²) in [4.78, 5) is 22.6. The van der Waals surface area contributed by atoms with E-state index >= 15 is 0 Å². The van der Waals surface area contributed by atoms with Crippen molar-refractivity contribution in [2.24, 2.45) is 0 Å². The molecule has 1 fully saturated rings. The molecule has 1 aliphatic rings. The minimum atomic E-state index is -0.255. The van der Waals surface area contributed by atoms with Crippen LogP contribution in [0.5, 0.6) is 0 Å². The third-order valence-corrected chi connectivity index (χ3v) is 3.48. The lowest BCUT2D eigenvalue weighted by atomic mass is 10.0. The summed E-state index contributed by atoms with van der Waals surface area (Å²) in [6, 6.07) is 1.64. The van der Waals surface area contributed by atoms with Crippen molar-refractivity contribution in [2.45, 2.75) is 39.2 Å². The van der Waals surface area contributed by atoms with Gasteiger partial charge >= 0.3 is 0 Å². The number of nitrogens with zero attached hydrogens (tertiary/aromatic N) is 3. The maximum absolute atomic E-state index is 12.3. The number of aryl methyl sites for hydroxylation is 2. The highest BCUT2D eigenvalue weighted by Gasteiger charge is 2.28. The fourth-order valence-electron chi connectivity index (χ4n) is 2.48. The van der Waals surface area contributed by atoms with Gasteiger partial charge in [-0.1, -0.05) is 6.92 Å². The summed E-state index contributed by atoms with van der Waals surface area (Å²) in [5.41, 5.74) is 0.968. The van der Waals surface area contributed by atoms with E-state index in [2.05, 4.69) is 15.3 Å². The van der Waals surface area contributed by atoms with Crippen LogP contribution in [-0.4, -0.2) is 51.6 Å². The number of amides is 1. The van der Waals surface area contributed by atoms with Crippen LogP contribution in [0.4, 0.5) is 5.82 Å². The predicted octanol–water partition coefficient (Wildman–Crippen LogP) is 0.743. The van der Waals surface area contributed by atoms with Crippen molar-refractivity contribution in [3.8, 4) is 0 Å². The lowest BCUT2D eigenvalue weighted by Crippen LogP contribution is -2.48. The number of aromatic nitrogens is 2. The van der Waals surface area contributed by atoms with E-state index in [1.807, 2.05) is 19.9 Å². The van der Waals surface area contributed by atoms with Gasteiger partial charge in [0.2, 0.25) is 5.91 Å². The second-order valence-corrected chi connectivity index (χ2v) is 5.03. The largest absolute Gasteiger partial charge is 0.395 e. The standard InChI is InChI=1S/C14H22N4O2/c1-3-11-9-13(16-10(2)15-11)17-12-5-4-6-18(7-8-19)14(12)20/h9,12,19H,3-8H2,1-2H3,(H,15,16,17). The van der Waals surface area contributed by atoms with E-state index in [1.54, 1.807) is 4.90 Å². The second kappa shape index (κ2) is 6.65. The Kier molecular flexibility index (Phi) is 4.89. The Labute approximate surface area is 119 Å². The molecule has 110 valence electrons. The molecular weight excluding hydrogens is 256 g/mol.